The summed E-state index contributed by atoms with van der Waals surface area (Å²) in [6, 6.07) is 9.47. The van der Waals surface area contributed by atoms with E-state index in [-0.39, 0.29) is 23.5 Å². The molecule has 3 heterocycles. The molecule has 1 aliphatic carbocycles. The fraction of sp³-hybridized carbons (Fsp3) is 0.583. The van der Waals surface area contributed by atoms with Crippen LogP contribution in [0.25, 0.3) is 0 Å². The van der Waals surface area contributed by atoms with Gasteiger partial charge in [-0.2, -0.15) is 5.06 Å². The average Bonchev–Trinajstić information content (AvgIpc) is 3.28. The van der Waals surface area contributed by atoms with Gasteiger partial charge in [-0.05, 0) is 51.0 Å². The number of urea groups is 1. The van der Waals surface area contributed by atoms with Crippen molar-refractivity contribution in [2.75, 3.05) is 13.1 Å². The number of hydrogen-bond acceptors (Lipinski definition) is 7. The minimum Gasteiger partial charge on any atom is -0.444 e. The van der Waals surface area contributed by atoms with Crippen LogP contribution in [-0.4, -0.2) is 57.0 Å². The van der Waals surface area contributed by atoms with Gasteiger partial charge in [0.2, 0.25) is 11.8 Å². The molecule has 3 aliphatic rings. The van der Waals surface area contributed by atoms with Gasteiger partial charge in [-0.25, -0.2) is 9.59 Å². The largest absolute Gasteiger partial charge is 0.444 e. The smallest absolute Gasteiger partial charge is 0.407 e. The van der Waals surface area contributed by atoms with Crippen molar-refractivity contribution in [1.29, 1.82) is 0 Å². The van der Waals surface area contributed by atoms with Crippen molar-refractivity contribution in [3.8, 4) is 0 Å². The molecule has 2 atom stereocenters. The molecule has 2 aromatic rings. The first kappa shape index (κ1) is 22.6. The van der Waals surface area contributed by atoms with Gasteiger partial charge >= 0.3 is 12.1 Å². The van der Waals surface area contributed by atoms with Gasteiger partial charge in [0.05, 0.1) is 6.04 Å². The van der Waals surface area contributed by atoms with E-state index in [0.29, 0.717) is 37.9 Å². The van der Waals surface area contributed by atoms with Crippen LogP contribution in [0.15, 0.2) is 34.7 Å². The predicted molar refractivity (Wildman–Crippen MR) is 120 cm³/mol. The number of ether oxygens (including phenoxy) is 1. The molecule has 1 N–H and O–H groups in total. The second-order valence-corrected chi connectivity index (χ2v) is 10.3. The molecule has 34 heavy (non-hydrogen) atoms. The van der Waals surface area contributed by atoms with E-state index in [1.54, 1.807) is 9.96 Å². The summed E-state index contributed by atoms with van der Waals surface area (Å²) >= 11 is 0. The summed E-state index contributed by atoms with van der Waals surface area (Å²) in [5.41, 5.74) is 0.506. The summed E-state index contributed by atoms with van der Waals surface area (Å²) in [7, 11) is 0. The maximum Gasteiger partial charge on any atom is 0.407 e. The Kier molecular flexibility index (Phi) is 5.71. The van der Waals surface area contributed by atoms with E-state index in [2.05, 4.69) is 15.5 Å². The van der Waals surface area contributed by atoms with Crippen LogP contribution in [0.1, 0.15) is 63.4 Å². The molecule has 0 unspecified atom stereocenters. The monoisotopic (exact) mass is 469 g/mol. The summed E-state index contributed by atoms with van der Waals surface area (Å²) in [6.45, 7) is 6.70. The Morgan fingerprint density at radius 2 is 2.00 bits per heavy atom. The van der Waals surface area contributed by atoms with Crippen molar-refractivity contribution in [1.82, 2.24) is 25.5 Å². The Hall–Kier alpha value is -3.14. The Morgan fingerprint density at radius 1 is 1.24 bits per heavy atom. The molecule has 1 aromatic heterocycles. The summed E-state index contributed by atoms with van der Waals surface area (Å²) in [5.74, 6) is 0.858. The van der Waals surface area contributed by atoms with E-state index in [4.69, 9.17) is 14.0 Å². The quantitative estimate of drug-likeness (QED) is 0.660. The van der Waals surface area contributed by atoms with Crippen LogP contribution in [0.3, 0.4) is 0 Å². The summed E-state index contributed by atoms with van der Waals surface area (Å²) in [4.78, 5) is 32.9. The number of piperidine rings is 1. The van der Waals surface area contributed by atoms with E-state index in [0.717, 1.165) is 24.8 Å². The molecule has 3 amide bonds. The third-order valence-corrected chi connectivity index (χ3v) is 6.65. The molecule has 10 nitrogen and oxygen atoms in total. The molecule has 1 aromatic carbocycles. The lowest BCUT2D eigenvalue weighted by Gasteiger charge is -2.35. The molecule has 2 bridgehead atoms. The number of carbonyl (C=O) groups is 2. The van der Waals surface area contributed by atoms with Crippen LogP contribution in [0.5, 0.6) is 0 Å². The van der Waals surface area contributed by atoms with E-state index >= 15 is 0 Å². The van der Waals surface area contributed by atoms with Gasteiger partial charge in [-0.15, -0.1) is 10.2 Å². The Balaban J connectivity index is 1.22. The van der Waals surface area contributed by atoms with E-state index < -0.39 is 11.7 Å². The summed E-state index contributed by atoms with van der Waals surface area (Å²) in [6.07, 6.45) is 2.79. The van der Waals surface area contributed by atoms with Crippen LogP contribution in [0, 0.1) is 5.41 Å². The van der Waals surface area contributed by atoms with Gasteiger partial charge < -0.3 is 19.4 Å². The van der Waals surface area contributed by atoms with E-state index in [9.17, 15) is 9.59 Å². The number of hydrogen-bond donors (Lipinski definition) is 1. The number of nitrogens with one attached hydrogen (secondary N) is 1. The highest BCUT2D eigenvalue weighted by Gasteiger charge is 2.64. The second-order valence-electron chi connectivity index (χ2n) is 10.3. The van der Waals surface area contributed by atoms with Crippen molar-refractivity contribution in [3.63, 3.8) is 0 Å². The first-order chi connectivity index (χ1) is 16.2. The van der Waals surface area contributed by atoms with Crippen LogP contribution >= 0.6 is 0 Å². The lowest BCUT2D eigenvalue weighted by atomic mass is 9.85. The van der Waals surface area contributed by atoms with Gasteiger partial charge in [0.25, 0.3) is 0 Å². The summed E-state index contributed by atoms with van der Waals surface area (Å²) in [5, 5.41) is 12.6. The minimum absolute atomic E-state index is 0.0386. The average molecular weight is 470 g/mol. The Labute approximate surface area is 198 Å². The number of benzene rings is 1. The molecule has 3 fully saturated rings. The number of alkyl carbamates (subject to hydrolysis) is 1. The van der Waals surface area contributed by atoms with Gasteiger partial charge in [-0.3, -0.25) is 4.84 Å². The normalized spacial score (nSPS) is 22.9. The van der Waals surface area contributed by atoms with Crippen LogP contribution < -0.4 is 5.32 Å². The molecular weight excluding hydrogens is 438 g/mol. The highest BCUT2D eigenvalue weighted by Crippen LogP contribution is 2.61. The lowest BCUT2D eigenvalue weighted by Crippen LogP contribution is -2.42. The zero-order chi connectivity index (χ0) is 23.9. The van der Waals surface area contributed by atoms with Crippen LogP contribution in [0.2, 0.25) is 0 Å². The van der Waals surface area contributed by atoms with Crippen LogP contribution in [0.4, 0.5) is 9.59 Å². The van der Waals surface area contributed by atoms with Crippen molar-refractivity contribution in [2.45, 2.75) is 70.7 Å². The molecule has 182 valence electrons. The highest BCUT2D eigenvalue weighted by atomic mass is 16.7. The molecule has 10 heteroatoms. The van der Waals surface area contributed by atoms with Crippen molar-refractivity contribution in [3.05, 3.63) is 47.7 Å². The van der Waals surface area contributed by atoms with Gasteiger partial charge in [0, 0.05) is 19.5 Å². The van der Waals surface area contributed by atoms with Gasteiger partial charge in [-0.1, -0.05) is 30.3 Å². The van der Waals surface area contributed by atoms with E-state index in [1.165, 1.54) is 0 Å². The van der Waals surface area contributed by atoms with Crippen molar-refractivity contribution < 1.29 is 23.6 Å². The third-order valence-electron chi connectivity index (χ3n) is 6.65. The Morgan fingerprint density at radius 3 is 2.71 bits per heavy atom. The number of hydroxylamine groups is 2. The molecule has 2 aliphatic heterocycles. The zero-order valence-corrected chi connectivity index (χ0v) is 19.8. The molecule has 0 radical (unpaired) electrons. The van der Waals surface area contributed by atoms with Crippen molar-refractivity contribution >= 4 is 12.1 Å². The summed E-state index contributed by atoms with van der Waals surface area (Å²) < 4.78 is 11.2. The standard InChI is InChI=1S/C24H31N5O5/c1-23(2,3)34-21(30)25-12-9-19-26-27-20(33-19)17-13-24(10-11-24)18-14-28(17)22(31)29(18)32-15-16-7-5-4-6-8-16/h4-8,17-18H,9-15H2,1-3H3,(H,25,30)/t17-,18+/m0/s1. The SMILES string of the molecule is CC(C)(C)OC(=O)NCCc1nnc([C@@H]2CC3(CC3)[C@H]3CN2C(=O)N3OCc2ccccc2)o1. The fourth-order valence-electron chi connectivity index (χ4n) is 4.80. The number of fused-ring (bicyclic) bond motifs is 3. The fourth-order valence-corrected chi connectivity index (χ4v) is 4.80. The van der Waals surface area contributed by atoms with Crippen molar-refractivity contribution in [2.24, 2.45) is 5.41 Å². The minimum atomic E-state index is -0.555. The predicted octanol–water partition coefficient (Wildman–Crippen LogP) is 3.60. The maximum absolute atomic E-state index is 13.3. The van der Waals surface area contributed by atoms with E-state index in [1.807, 2.05) is 51.1 Å². The first-order valence-corrected chi connectivity index (χ1v) is 11.8. The molecule has 5 rings (SSSR count). The molecule has 1 spiro atoms. The highest BCUT2D eigenvalue weighted by molar-refractivity contribution is 5.77. The lowest BCUT2D eigenvalue weighted by molar-refractivity contribution is -0.153. The molecule has 1 saturated carbocycles. The molecule has 2 saturated heterocycles. The Bertz CT molecular complexity index is 1050. The number of aromatic nitrogens is 2. The second kappa shape index (κ2) is 8.57. The number of amides is 3. The number of rotatable bonds is 7. The topological polar surface area (TPSA) is 110 Å². The molecular formula is C24H31N5O5. The first-order valence-electron chi connectivity index (χ1n) is 11.8. The number of carbonyl (C=O) groups excluding carboxylic acids is 2. The zero-order valence-electron chi connectivity index (χ0n) is 19.8. The number of nitrogens with zero attached hydrogens (tertiary/aromatic N) is 4. The maximum atomic E-state index is 13.3. The third kappa shape index (κ3) is 4.59. The van der Waals surface area contributed by atoms with Gasteiger partial charge in [0.1, 0.15) is 18.2 Å². The van der Waals surface area contributed by atoms with Gasteiger partial charge in [0.15, 0.2) is 0 Å². The van der Waals surface area contributed by atoms with Crippen LogP contribution in [-0.2, 0) is 22.6 Å².